The fourth-order valence-corrected chi connectivity index (χ4v) is 2.99. The molecule has 1 N–H and O–H groups in total. The van der Waals surface area contributed by atoms with Gasteiger partial charge in [-0.25, -0.2) is 0 Å². The maximum absolute atomic E-state index is 5.40. The van der Waals surface area contributed by atoms with E-state index in [1.165, 1.54) is 25.7 Å². The van der Waals surface area contributed by atoms with Gasteiger partial charge < -0.3 is 14.8 Å². The molecule has 0 aromatic carbocycles. The van der Waals surface area contributed by atoms with Crippen molar-refractivity contribution in [3.8, 4) is 11.5 Å². The number of nitrogens with one attached hydrogen (secondary N) is 1. The zero-order valence-corrected chi connectivity index (χ0v) is 11.7. The summed E-state index contributed by atoms with van der Waals surface area (Å²) in [7, 11) is 3.32. The predicted octanol–water partition coefficient (Wildman–Crippen LogP) is 2.38. The summed E-state index contributed by atoms with van der Waals surface area (Å²) in [6.45, 7) is 1.86. The van der Waals surface area contributed by atoms with Gasteiger partial charge in [0.1, 0.15) is 0 Å². The Morgan fingerprint density at radius 1 is 1.32 bits per heavy atom. The SMILES string of the molecule is COc1ccnc(CNCC2(C3CC3)CC2)c1OC. The van der Waals surface area contributed by atoms with E-state index in [2.05, 4.69) is 10.3 Å². The van der Waals surface area contributed by atoms with Gasteiger partial charge in [-0.05, 0) is 37.0 Å². The summed E-state index contributed by atoms with van der Waals surface area (Å²) in [5, 5.41) is 3.55. The fraction of sp³-hybridized carbons (Fsp3) is 0.667. The van der Waals surface area contributed by atoms with Crippen LogP contribution >= 0.6 is 0 Å². The molecule has 0 amide bonds. The molecule has 1 heterocycles. The van der Waals surface area contributed by atoms with Gasteiger partial charge in [-0.3, -0.25) is 4.98 Å². The normalized spacial score (nSPS) is 20.1. The molecule has 0 bridgehead atoms. The van der Waals surface area contributed by atoms with Crippen molar-refractivity contribution < 1.29 is 9.47 Å². The number of aromatic nitrogens is 1. The van der Waals surface area contributed by atoms with E-state index in [-0.39, 0.29) is 0 Å². The van der Waals surface area contributed by atoms with E-state index in [9.17, 15) is 0 Å². The highest BCUT2D eigenvalue weighted by Crippen LogP contribution is 2.60. The van der Waals surface area contributed by atoms with Crippen LogP contribution < -0.4 is 14.8 Å². The lowest BCUT2D eigenvalue weighted by molar-refractivity contribution is 0.345. The van der Waals surface area contributed by atoms with Gasteiger partial charge in [0.25, 0.3) is 0 Å². The number of ether oxygens (including phenoxy) is 2. The maximum Gasteiger partial charge on any atom is 0.183 e. The molecule has 0 aliphatic heterocycles. The number of methoxy groups -OCH3 is 2. The number of hydrogen-bond acceptors (Lipinski definition) is 4. The lowest BCUT2D eigenvalue weighted by atomic mass is 10.0. The van der Waals surface area contributed by atoms with E-state index in [1.54, 1.807) is 20.4 Å². The van der Waals surface area contributed by atoms with Crippen LogP contribution in [0.25, 0.3) is 0 Å². The van der Waals surface area contributed by atoms with Gasteiger partial charge in [0.05, 0.1) is 19.9 Å². The van der Waals surface area contributed by atoms with Gasteiger partial charge in [0.2, 0.25) is 0 Å². The summed E-state index contributed by atoms with van der Waals surface area (Å²) in [4.78, 5) is 4.39. The number of rotatable bonds is 7. The first-order valence-electron chi connectivity index (χ1n) is 7.06. The summed E-state index contributed by atoms with van der Waals surface area (Å²) in [5.41, 5.74) is 1.54. The van der Waals surface area contributed by atoms with Crippen molar-refractivity contribution in [2.75, 3.05) is 20.8 Å². The van der Waals surface area contributed by atoms with Crippen LogP contribution in [-0.4, -0.2) is 25.7 Å². The minimum atomic E-state index is 0.617. The van der Waals surface area contributed by atoms with E-state index in [0.29, 0.717) is 5.41 Å². The van der Waals surface area contributed by atoms with Crippen LogP contribution in [0.3, 0.4) is 0 Å². The van der Waals surface area contributed by atoms with Gasteiger partial charge in [-0.15, -0.1) is 0 Å². The fourth-order valence-electron chi connectivity index (χ4n) is 2.99. The molecular formula is C15H22N2O2. The van der Waals surface area contributed by atoms with Crippen molar-refractivity contribution in [2.45, 2.75) is 32.2 Å². The monoisotopic (exact) mass is 262 g/mol. The van der Waals surface area contributed by atoms with E-state index in [0.717, 1.165) is 36.2 Å². The molecule has 104 valence electrons. The van der Waals surface area contributed by atoms with Crippen molar-refractivity contribution in [2.24, 2.45) is 11.3 Å². The summed E-state index contributed by atoms with van der Waals surface area (Å²) in [5.74, 6) is 2.48. The standard InChI is InChI=1S/C15H22N2O2/c1-18-13-5-8-17-12(14(13)19-2)9-16-10-15(6-7-15)11-3-4-11/h5,8,11,16H,3-4,6-7,9-10H2,1-2H3. The number of pyridine rings is 1. The van der Waals surface area contributed by atoms with E-state index in [4.69, 9.17) is 9.47 Å². The second-order valence-electron chi connectivity index (χ2n) is 5.73. The Hall–Kier alpha value is -1.29. The highest BCUT2D eigenvalue weighted by molar-refractivity contribution is 5.42. The third kappa shape index (κ3) is 2.54. The number of hydrogen-bond donors (Lipinski definition) is 1. The Bertz CT molecular complexity index is 453. The molecule has 0 saturated heterocycles. The molecule has 4 heteroatoms. The van der Waals surface area contributed by atoms with E-state index in [1.807, 2.05) is 6.07 Å². The summed E-state index contributed by atoms with van der Waals surface area (Å²) in [6, 6.07) is 1.83. The number of nitrogens with zero attached hydrogens (tertiary/aromatic N) is 1. The molecule has 1 aromatic rings. The van der Waals surface area contributed by atoms with Crippen LogP contribution in [-0.2, 0) is 6.54 Å². The molecule has 1 aromatic heterocycles. The van der Waals surface area contributed by atoms with Crippen LogP contribution in [0.1, 0.15) is 31.4 Å². The minimum Gasteiger partial charge on any atom is -0.493 e. The van der Waals surface area contributed by atoms with Crippen LogP contribution in [0.2, 0.25) is 0 Å². The average molecular weight is 262 g/mol. The third-order valence-corrected chi connectivity index (χ3v) is 4.47. The highest BCUT2D eigenvalue weighted by Gasteiger charge is 2.53. The topological polar surface area (TPSA) is 43.4 Å². The van der Waals surface area contributed by atoms with Crippen molar-refractivity contribution in [3.05, 3.63) is 18.0 Å². The van der Waals surface area contributed by atoms with Crippen molar-refractivity contribution in [3.63, 3.8) is 0 Å². The summed E-state index contributed by atoms with van der Waals surface area (Å²) >= 11 is 0. The summed E-state index contributed by atoms with van der Waals surface area (Å²) < 4.78 is 10.7. The first kappa shape index (κ1) is 12.7. The molecule has 0 radical (unpaired) electrons. The van der Waals surface area contributed by atoms with Crippen LogP contribution in [0, 0.1) is 11.3 Å². The Labute approximate surface area is 114 Å². The van der Waals surface area contributed by atoms with Gasteiger partial charge in [0, 0.05) is 25.4 Å². The van der Waals surface area contributed by atoms with Gasteiger partial charge in [-0.2, -0.15) is 0 Å². The first-order chi connectivity index (χ1) is 9.29. The smallest absolute Gasteiger partial charge is 0.183 e. The molecule has 4 nitrogen and oxygen atoms in total. The molecule has 0 unspecified atom stereocenters. The van der Waals surface area contributed by atoms with Gasteiger partial charge in [-0.1, -0.05) is 0 Å². The zero-order chi connectivity index (χ0) is 13.3. The lowest BCUT2D eigenvalue weighted by Crippen LogP contribution is -2.25. The molecular weight excluding hydrogens is 240 g/mol. The molecule has 3 rings (SSSR count). The van der Waals surface area contributed by atoms with E-state index >= 15 is 0 Å². The second-order valence-corrected chi connectivity index (χ2v) is 5.73. The molecule has 2 fully saturated rings. The molecule has 0 atom stereocenters. The lowest BCUT2D eigenvalue weighted by Gasteiger charge is -2.16. The second kappa shape index (κ2) is 5.00. The van der Waals surface area contributed by atoms with Crippen LogP contribution in [0.5, 0.6) is 11.5 Å². The molecule has 2 saturated carbocycles. The van der Waals surface area contributed by atoms with Crippen molar-refractivity contribution in [1.29, 1.82) is 0 Å². The molecule has 0 spiro atoms. The van der Waals surface area contributed by atoms with E-state index < -0.39 is 0 Å². The molecule has 2 aliphatic carbocycles. The van der Waals surface area contributed by atoms with Crippen LogP contribution in [0.15, 0.2) is 12.3 Å². The minimum absolute atomic E-state index is 0.617. The maximum atomic E-state index is 5.40. The van der Waals surface area contributed by atoms with Gasteiger partial charge in [0.15, 0.2) is 11.5 Å². The van der Waals surface area contributed by atoms with Crippen molar-refractivity contribution in [1.82, 2.24) is 10.3 Å². The third-order valence-electron chi connectivity index (χ3n) is 4.47. The van der Waals surface area contributed by atoms with Crippen molar-refractivity contribution >= 4 is 0 Å². The largest absolute Gasteiger partial charge is 0.493 e. The molecule has 19 heavy (non-hydrogen) atoms. The average Bonchev–Trinajstić information content (AvgIpc) is 3.29. The Balaban J connectivity index is 1.60. The van der Waals surface area contributed by atoms with Gasteiger partial charge >= 0.3 is 0 Å². The Kier molecular flexibility index (Phi) is 3.35. The van der Waals surface area contributed by atoms with Crippen LogP contribution in [0.4, 0.5) is 0 Å². The Morgan fingerprint density at radius 2 is 2.11 bits per heavy atom. The quantitative estimate of drug-likeness (QED) is 0.819. The first-order valence-corrected chi connectivity index (χ1v) is 7.06. The highest BCUT2D eigenvalue weighted by atomic mass is 16.5. The summed E-state index contributed by atoms with van der Waals surface area (Å²) in [6.07, 6.45) is 7.43. The predicted molar refractivity (Wildman–Crippen MR) is 73.4 cm³/mol. The Morgan fingerprint density at radius 3 is 2.68 bits per heavy atom. The molecule has 2 aliphatic rings. The zero-order valence-electron chi connectivity index (χ0n) is 11.7.